The molecule has 6 nitrogen and oxygen atoms in total. The molecular weight excluding hydrogens is 326 g/mol. The average Bonchev–Trinajstić information content (AvgIpc) is 2.35. The van der Waals surface area contributed by atoms with Crippen LogP contribution in [-0.4, -0.2) is 46.5 Å². The topological polar surface area (TPSA) is 82.5 Å². The summed E-state index contributed by atoms with van der Waals surface area (Å²) in [6, 6.07) is 3.52. The standard InChI is InChI=1S/C13H16BrN3O3/c1-8(13(19)20)9-5-17(6-9)7-12(18)16-11-3-2-10(14)4-15-11/h2-4,8-9H,5-7H2,1H3,(H,19,20)(H,15,16,18). The van der Waals surface area contributed by atoms with Gasteiger partial charge >= 0.3 is 5.97 Å². The molecule has 1 aliphatic heterocycles. The van der Waals surface area contributed by atoms with Gasteiger partial charge in [0, 0.05) is 23.8 Å². The van der Waals surface area contributed by atoms with Gasteiger partial charge in [0.1, 0.15) is 5.82 Å². The SMILES string of the molecule is CC(C(=O)O)C1CN(CC(=O)Nc2ccc(Br)cn2)C1. The van der Waals surface area contributed by atoms with E-state index in [-0.39, 0.29) is 24.3 Å². The number of carbonyl (C=O) groups is 2. The molecule has 0 aromatic carbocycles. The Hall–Kier alpha value is -1.47. The number of pyridine rings is 1. The van der Waals surface area contributed by atoms with Gasteiger partial charge in [0.25, 0.3) is 0 Å². The van der Waals surface area contributed by atoms with Crippen LogP contribution in [0.4, 0.5) is 5.82 Å². The van der Waals surface area contributed by atoms with Crippen LogP contribution in [0.5, 0.6) is 0 Å². The Balaban J connectivity index is 1.74. The van der Waals surface area contributed by atoms with Gasteiger partial charge in [0.15, 0.2) is 0 Å². The predicted octanol–water partition coefficient (Wildman–Crippen LogP) is 1.44. The number of carboxylic acids is 1. The zero-order valence-corrected chi connectivity index (χ0v) is 12.6. The summed E-state index contributed by atoms with van der Waals surface area (Å²) in [4.78, 5) is 28.6. The maximum atomic E-state index is 11.8. The van der Waals surface area contributed by atoms with Crippen molar-refractivity contribution < 1.29 is 14.7 Å². The lowest BCUT2D eigenvalue weighted by Gasteiger charge is -2.40. The van der Waals surface area contributed by atoms with Gasteiger partial charge < -0.3 is 10.4 Å². The van der Waals surface area contributed by atoms with Gasteiger partial charge in [-0.05, 0) is 34.0 Å². The molecule has 1 amide bonds. The molecular formula is C13H16BrN3O3. The molecule has 0 bridgehead atoms. The van der Waals surface area contributed by atoms with Crippen molar-refractivity contribution in [2.75, 3.05) is 25.0 Å². The van der Waals surface area contributed by atoms with Gasteiger partial charge in [0.05, 0.1) is 12.5 Å². The number of likely N-dealkylation sites (tertiary alicyclic amines) is 1. The molecule has 2 heterocycles. The van der Waals surface area contributed by atoms with E-state index in [0.717, 1.165) is 4.47 Å². The fourth-order valence-corrected chi connectivity index (χ4v) is 2.33. The number of nitrogens with one attached hydrogen (secondary N) is 1. The van der Waals surface area contributed by atoms with E-state index < -0.39 is 5.97 Å². The highest BCUT2D eigenvalue weighted by Crippen LogP contribution is 2.23. The molecule has 0 spiro atoms. The molecule has 108 valence electrons. The van der Waals surface area contributed by atoms with E-state index in [1.165, 1.54) is 0 Å². The number of aromatic nitrogens is 1. The smallest absolute Gasteiger partial charge is 0.306 e. The second-order valence-electron chi connectivity index (χ2n) is 4.99. The molecule has 1 aliphatic rings. The van der Waals surface area contributed by atoms with Crippen LogP contribution in [0.25, 0.3) is 0 Å². The van der Waals surface area contributed by atoms with Crippen molar-refractivity contribution in [1.82, 2.24) is 9.88 Å². The minimum absolute atomic E-state index is 0.131. The first-order chi connectivity index (χ1) is 9.45. The number of halogens is 1. The van der Waals surface area contributed by atoms with Crippen molar-refractivity contribution in [2.45, 2.75) is 6.92 Å². The van der Waals surface area contributed by atoms with E-state index in [0.29, 0.717) is 18.9 Å². The average molecular weight is 342 g/mol. The maximum Gasteiger partial charge on any atom is 0.306 e. The number of rotatable bonds is 5. The number of amides is 1. The summed E-state index contributed by atoms with van der Waals surface area (Å²) in [5.74, 6) is -0.637. The zero-order valence-electron chi connectivity index (χ0n) is 11.0. The number of nitrogens with zero attached hydrogens (tertiary/aromatic N) is 2. The van der Waals surface area contributed by atoms with Gasteiger partial charge in [-0.15, -0.1) is 0 Å². The van der Waals surface area contributed by atoms with Crippen LogP contribution in [-0.2, 0) is 9.59 Å². The van der Waals surface area contributed by atoms with Gasteiger partial charge in [-0.25, -0.2) is 4.98 Å². The lowest BCUT2D eigenvalue weighted by Crippen LogP contribution is -2.53. The molecule has 1 fully saturated rings. The van der Waals surface area contributed by atoms with Gasteiger partial charge in [-0.1, -0.05) is 6.92 Å². The molecule has 1 atom stereocenters. The van der Waals surface area contributed by atoms with Crippen LogP contribution in [0, 0.1) is 11.8 Å². The molecule has 1 aromatic rings. The zero-order chi connectivity index (χ0) is 14.7. The normalized spacial score (nSPS) is 17.3. The van der Waals surface area contributed by atoms with E-state index in [9.17, 15) is 9.59 Å². The fraction of sp³-hybridized carbons (Fsp3) is 0.462. The molecule has 1 saturated heterocycles. The highest BCUT2D eigenvalue weighted by Gasteiger charge is 2.35. The summed E-state index contributed by atoms with van der Waals surface area (Å²) >= 11 is 3.27. The predicted molar refractivity (Wildman–Crippen MR) is 77.3 cm³/mol. The van der Waals surface area contributed by atoms with Crippen molar-refractivity contribution >= 4 is 33.6 Å². The Bertz CT molecular complexity index is 500. The Morgan fingerprint density at radius 1 is 1.55 bits per heavy atom. The van der Waals surface area contributed by atoms with E-state index in [2.05, 4.69) is 26.2 Å². The Kier molecular flexibility index (Phi) is 4.72. The number of carbonyl (C=O) groups excluding carboxylic acids is 1. The second kappa shape index (κ2) is 6.32. The molecule has 1 aromatic heterocycles. The van der Waals surface area contributed by atoms with Crippen LogP contribution in [0.3, 0.4) is 0 Å². The lowest BCUT2D eigenvalue weighted by atomic mass is 9.87. The molecule has 2 N–H and O–H groups in total. The number of anilines is 1. The summed E-state index contributed by atoms with van der Waals surface area (Å²) in [5, 5.41) is 11.6. The highest BCUT2D eigenvalue weighted by atomic mass is 79.9. The van der Waals surface area contributed by atoms with Crippen molar-refractivity contribution in [2.24, 2.45) is 11.8 Å². The van der Waals surface area contributed by atoms with Crippen molar-refractivity contribution in [1.29, 1.82) is 0 Å². The summed E-state index contributed by atoms with van der Waals surface area (Å²) in [6.07, 6.45) is 1.61. The van der Waals surface area contributed by atoms with Crippen LogP contribution in [0.1, 0.15) is 6.92 Å². The summed E-state index contributed by atoms with van der Waals surface area (Å²) < 4.78 is 0.851. The third-order valence-corrected chi connectivity index (χ3v) is 3.91. The number of hydrogen-bond acceptors (Lipinski definition) is 4. The van der Waals surface area contributed by atoms with Crippen LogP contribution < -0.4 is 5.32 Å². The molecule has 20 heavy (non-hydrogen) atoms. The van der Waals surface area contributed by atoms with Crippen LogP contribution in [0.2, 0.25) is 0 Å². The lowest BCUT2D eigenvalue weighted by molar-refractivity contribution is -0.145. The second-order valence-corrected chi connectivity index (χ2v) is 5.91. The summed E-state index contributed by atoms with van der Waals surface area (Å²) in [6.45, 7) is 3.26. The first-order valence-corrected chi connectivity index (χ1v) is 7.11. The highest BCUT2D eigenvalue weighted by molar-refractivity contribution is 9.10. The molecule has 0 radical (unpaired) electrons. The van der Waals surface area contributed by atoms with E-state index in [1.54, 1.807) is 25.3 Å². The third-order valence-electron chi connectivity index (χ3n) is 3.44. The molecule has 2 rings (SSSR count). The minimum atomic E-state index is -0.779. The summed E-state index contributed by atoms with van der Waals surface area (Å²) in [5.41, 5.74) is 0. The van der Waals surface area contributed by atoms with Crippen LogP contribution in [0.15, 0.2) is 22.8 Å². The molecule has 7 heteroatoms. The quantitative estimate of drug-likeness (QED) is 0.846. The van der Waals surface area contributed by atoms with Crippen molar-refractivity contribution in [3.05, 3.63) is 22.8 Å². The number of hydrogen-bond donors (Lipinski definition) is 2. The Morgan fingerprint density at radius 3 is 2.80 bits per heavy atom. The van der Waals surface area contributed by atoms with Gasteiger partial charge in [-0.2, -0.15) is 0 Å². The van der Waals surface area contributed by atoms with E-state index in [4.69, 9.17) is 5.11 Å². The Morgan fingerprint density at radius 2 is 2.25 bits per heavy atom. The van der Waals surface area contributed by atoms with E-state index in [1.807, 2.05) is 4.90 Å². The Labute approximate surface area is 125 Å². The minimum Gasteiger partial charge on any atom is -0.481 e. The number of carboxylic acid groups (broad SMARTS) is 1. The van der Waals surface area contributed by atoms with E-state index >= 15 is 0 Å². The van der Waals surface area contributed by atoms with Crippen molar-refractivity contribution in [3.8, 4) is 0 Å². The molecule has 0 aliphatic carbocycles. The van der Waals surface area contributed by atoms with Gasteiger partial charge in [0.2, 0.25) is 5.91 Å². The van der Waals surface area contributed by atoms with Crippen LogP contribution >= 0.6 is 15.9 Å². The maximum absolute atomic E-state index is 11.8. The van der Waals surface area contributed by atoms with Crippen molar-refractivity contribution in [3.63, 3.8) is 0 Å². The van der Waals surface area contributed by atoms with Gasteiger partial charge in [-0.3, -0.25) is 14.5 Å². The monoisotopic (exact) mass is 341 g/mol. The molecule has 1 unspecified atom stereocenters. The largest absolute Gasteiger partial charge is 0.481 e. The third kappa shape index (κ3) is 3.77. The molecule has 0 saturated carbocycles. The first-order valence-electron chi connectivity index (χ1n) is 6.32. The fourth-order valence-electron chi connectivity index (χ4n) is 2.09. The first kappa shape index (κ1) is 14.9. The summed E-state index contributed by atoms with van der Waals surface area (Å²) in [7, 11) is 0. The number of aliphatic carboxylic acids is 1.